The predicted octanol–water partition coefficient (Wildman–Crippen LogP) is -1.56. The molecule has 0 nitrogen and oxygen atoms in total. The minimum atomic E-state index is 1.34. The molecule has 0 aliphatic rings. The van der Waals surface area contributed by atoms with E-state index >= 15 is 0 Å². The first kappa shape index (κ1) is 5.19. The summed E-state index contributed by atoms with van der Waals surface area (Å²) in [6.45, 7) is 0. The fraction of sp³-hybridized carbons (Fsp3) is 1.00. The molecular weight excluding hydrogens is 56.5 g/mol. The van der Waals surface area contributed by atoms with Gasteiger partial charge in [-0.1, -0.05) is 12.6 Å². The average molecular weight is 65.5 g/mol. The second kappa shape index (κ2) is 4.19. The molecule has 3 heteroatoms. The fourth-order valence-electron chi connectivity index (χ4n) is 0.354. The van der Waals surface area contributed by atoms with Crippen molar-refractivity contribution >= 4 is 22.8 Å². The lowest BCUT2D eigenvalue weighted by Gasteiger charge is -1.75. The van der Waals surface area contributed by atoms with E-state index in [-0.39, 0.29) is 0 Å². The van der Waals surface area contributed by atoms with Gasteiger partial charge in [-0.2, -0.15) is 0 Å². The van der Waals surface area contributed by atoms with Crippen LogP contribution >= 0.6 is 0 Å². The minimum absolute atomic E-state index is 1.34. The lowest BCUT2D eigenvalue weighted by Crippen LogP contribution is -1.83. The molecular formula is C2H9B3. The number of rotatable bonds is 2. The normalized spacial score (nSPS) is 7.20. The zero-order chi connectivity index (χ0) is 4.12. The summed E-state index contributed by atoms with van der Waals surface area (Å²) in [4.78, 5) is 0. The molecule has 0 aliphatic heterocycles. The van der Waals surface area contributed by atoms with Gasteiger partial charge in [0.1, 0.15) is 0 Å². The highest BCUT2D eigenvalue weighted by Gasteiger charge is 1.72. The second-order valence-corrected chi connectivity index (χ2v) is 1.35. The molecule has 0 spiro atoms. The third kappa shape index (κ3) is 4.19. The monoisotopic (exact) mass is 66.1 g/mol. The maximum Gasteiger partial charge on any atom is 0.0999 e. The van der Waals surface area contributed by atoms with E-state index in [0.29, 0.717) is 0 Å². The number of hydrogen-bond donors (Lipinski definition) is 0. The molecule has 0 N–H and O–H groups in total. The third-order valence-corrected chi connectivity index (χ3v) is 0.707. The number of hydrogen-bond acceptors (Lipinski definition) is 0. The van der Waals surface area contributed by atoms with Crippen molar-refractivity contribution in [3.8, 4) is 0 Å². The largest absolute Gasteiger partial charge is 0.0999 e. The highest BCUT2D eigenvalue weighted by Crippen LogP contribution is 1.75. The summed E-state index contributed by atoms with van der Waals surface area (Å²) in [7, 11) is 5.77. The Balaban J connectivity index is 2.19. The molecule has 0 rings (SSSR count). The van der Waals surface area contributed by atoms with E-state index in [2.05, 4.69) is 15.6 Å². The third-order valence-electron chi connectivity index (χ3n) is 0.707. The first-order chi connectivity index (χ1) is 2.41. The van der Waals surface area contributed by atoms with E-state index in [1.165, 1.54) is 19.8 Å². The van der Waals surface area contributed by atoms with Crippen molar-refractivity contribution < 1.29 is 0 Å². The fourth-order valence-corrected chi connectivity index (χ4v) is 0.354. The van der Waals surface area contributed by atoms with Gasteiger partial charge in [-0.3, -0.25) is 0 Å². The molecule has 0 unspecified atom stereocenters. The molecule has 0 fully saturated rings. The van der Waals surface area contributed by atoms with Crippen molar-refractivity contribution in [3.63, 3.8) is 0 Å². The molecule has 0 saturated carbocycles. The van der Waals surface area contributed by atoms with Crippen LogP contribution in [0.1, 0.15) is 0 Å². The van der Waals surface area contributed by atoms with Crippen LogP contribution in [0.15, 0.2) is 0 Å². The lowest BCUT2D eigenvalue weighted by molar-refractivity contribution is 1.45. The van der Waals surface area contributed by atoms with Crippen molar-refractivity contribution in [2.75, 3.05) is 0 Å². The van der Waals surface area contributed by atoms with Gasteiger partial charge in [0.25, 0.3) is 0 Å². The zero-order valence-electron chi connectivity index (χ0n) is 4.12. The first-order valence-electron chi connectivity index (χ1n) is 2.41. The summed E-state index contributed by atoms with van der Waals surface area (Å²) in [6, 6.07) is 0. The molecule has 0 atom stereocenters. The van der Waals surface area contributed by atoms with Gasteiger partial charge in [-0.15, -0.1) is 0 Å². The zero-order valence-corrected chi connectivity index (χ0v) is 4.12. The summed E-state index contributed by atoms with van der Waals surface area (Å²) in [6.07, 6.45) is 2.73. The van der Waals surface area contributed by atoms with Gasteiger partial charge in [0.05, 0.1) is 22.8 Å². The Morgan fingerprint density at radius 2 is 2.20 bits per heavy atom. The summed E-state index contributed by atoms with van der Waals surface area (Å²) in [5.41, 5.74) is 0. The van der Waals surface area contributed by atoms with Crippen LogP contribution in [0.2, 0.25) is 12.6 Å². The molecule has 0 aromatic rings. The molecule has 0 aliphatic carbocycles. The van der Waals surface area contributed by atoms with E-state index in [4.69, 9.17) is 0 Å². The van der Waals surface area contributed by atoms with Gasteiger partial charge in [-0.25, -0.2) is 0 Å². The molecule has 0 aromatic heterocycles. The van der Waals surface area contributed by atoms with Gasteiger partial charge in [0.2, 0.25) is 0 Å². The van der Waals surface area contributed by atoms with Crippen LogP contribution in [0.25, 0.3) is 0 Å². The van der Waals surface area contributed by atoms with Gasteiger partial charge >= 0.3 is 0 Å². The maximum atomic E-state index is 2.21. The Morgan fingerprint density at radius 1 is 1.60 bits per heavy atom. The molecule has 0 amide bonds. The van der Waals surface area contributed by atoms with Crippen LogP contribution in [0.4, 0.5) is 0 Å². The van der Waals surface area contributed by atoms with Gasteiger partial charge in [-0.05, 0) is 0 Å². The second-order valence-electron chi connectivity index (χ2n) is 1.35. The lowest BCUT2D eigenvalue weighted by atomic mass is 9.52. The SMILES string of the molecule is BBCCB. The molecule has 26 valence electrons. The van der Waals surface area contributed by atoms with Crippen LogP contribution in [-0.2, 0) is 0 Å². The Bertz CT molecular complexity index is 12.4. The Hall–Kier alpha value is 0.195. The van der Waals surface area contributed by atoms with Gasteiger partial charge in [0.15, 0.2) is 0 Å². The summed E-state index contributed by atoms with van der Waals surface area (Å²) in [5.74, 6) is 0. The Labute approximate surface area is 36.4 Å². The molecule has 0 bridgehead atoms. The topological polar surface area (TPSA) is 0 Å². The minimum Gasteiger partial charge on any atom is -0.0918 e. The first-order valence-corrected chi connectivity index (χ1v) is 2.41. The molecule has 0 aromatic carbocycles. The van der Waals surface area contributed by atoms with Gasteiger partial charge < -0.3 is 0 Å². The summed E-state index contributed by atoms with van der Waals surface area (Å²) >= 11 is 0. The summed E-state index contributed by atoms with van der Waals surface area (Å²) < 4.78 is 0. The van der Waals surface area contributed by atoms with Crippen molar-refractivity contribution in [1.82, 2.24) is 0 Å². The molecule has 5 heavy (non-hydrogen) atoms. The quantitative estimate of drug-likeness (QED) is 0.342. The highest BCUT2D eigenvalue weighted by molar-refractivity contribution is 6.89. The van der Waals surface area contributed by atoms with Crippen LogP contribution in [-0.4, -0.2) is 22.8 Å². The van der Waals surface area contributed by atoms with E-state index in [0.717, 1.165) is 0 Å². The van der Waals surface area contributed by atoms with E-state index in [9.17, 15) is 0 Å². The van der Waals surface area contributed by atoms with Crippen molar-refractivity contribution in [2.24, 2.45) is 0 Å². The molecule has 0 saturated heterocycles. The standard InChI is InChI=1S/C2H9B3/c3-1-2-5-4/h5H,1-4H2. The van der Waals surface area contributed by atoms with Crippen molar-refractivity contribution in [2.45, 2.75) is 12.6 Å². The van der Waals surface area contributed by atoms with Crippen LogP contribution in [0, 0.1) is 0 Å². The van der Waals surface area contributed by atoms with E-state index in [1.54, 1.807) is 0 Å². The molecule has 0 heterocycles. The van der Waals surface area contributed by atoms with E-state index < -0.39 is 0 Å². The smallest absolute Gasteiger partial charge is 0.0918 e. The van der Waals surface area contributed by atoms with Crippen LogP contribution in [0.3, 0.4) is 0 Å². The van der Waals surface area contributed by atoms with Crippen molar-refractivity contribution in [1.29, 1.82) is 0 Å². The van der Waals surface area contributed by atoms with Crippen molar-refractivity contribution in [3.05, 3.63) is 0 Å². The van der Waals surface area contributed by atoms with Gasteiger partial charge in [0, 0.05) is 0 Å². The van der Waals surface area contributed by atoms with Crippen LogP contribution in [0.5, 0.6) is 0 Å². The summed E-state index contributed by atoms with van der Waals surface area (Å²) in [5, 5.41) is 0. The molecule has 0 radical (unpaired) electrons. The maximum absolute atomic E-state index is 2.21. The van der Waals surface area contributed by atoms with E-state index in [1.807, 2.05) is 0 Å². The van der Waals surface area contributed by atoms with Crippen LogP contribution < -0.4 is 0 Å². The Morgan fingerprint density at radius 3 is 2.20 bits per heavy atom. The Kier molecular flexibility index (Phi) is 4.36. The predicted molar refractivity (Wildman–Crippen MR) is 33.9 cm³/mol. The highest BCUT2D eigenvalue weighted by atomic mass is 13.4. The average Bonchev–Trinajstić information content (AvgIpc) is 1.41.